The number of carbonyl (C=O) groups excluding carboxylic acids is 1. The number of rotatable bonds is 6. The van der Waals surface area contributed by atoms with Gasteiger partial charge in [-0.05, 0) is 68.8 Å². The lowest BCUT2D eigenvalue weighted by atomic mass is 10.1. The van der Waals surface area contributed by atoms with Crippen LogP contribution in [0, 0.1) is 13.8 Å². The molecule has 0 spiro atoms. The summed E-state index contributed by atoms with van der Waals surface area (Å²) < 4.78 is 7.69. The molecule has 3 rings (SSSR count). The lowest BCUT2D eigenvalue weighted by Crippen LogP contribution is -1.99. The zero-order valence-corrected chi connectivity index (χ0v) is 15.4. The zero-order valence-electron chi connectivity index (χ0n) is 15.4. The zero-order chi connectivity index (χ0) is 18.5. The molecule has 0 fully saturated rings. The standard InChI is InChI=1S/C23H23NO2/c1-4-26-22-13-11-21(12-14-22)24-17(2)16-20(18(24)3)10-15-23(25)19-8-6-5-7-9-19/h5-16H,4H2,1-3H3/b15-10+. The van der Waals surface area contributed by atoms with Crippen molar-refractivity contribution in [3.05, 3.63) is 89.3 Å². The fourth-order valence-electron chi connectivity index (χ4n) is 3.08. The second-order valence-corrected chi connectivity index (χ2v) is 6.15. The number of hydrogen-bond donors (Lipinski definition) is 0. The Hall–Kier alpha value is -3.07. The maximum absolute atomic E-state index is 12.3. The maximum atomic E-state index is 12.3. The number of allylic oxidation sites excluding steroid dienone is 1. The third-order valence-corrected chi connectivity index (χ3v) is 4.35. The van der Waals surface area contributed by atoms with Crippen LogP contribution in [0.2, 0.25) is 0 Å². The minimum absolute atomic E-state index is 0.0106. The fraction of sp³-hybridized carbons (Fsp3) is 0.174. The first kappa shape index (κ1) is 17.7. The molecular weight excluding hydrogens is 322 g/mol. The van der Waals surface area contributed by atoms with Crippen LogP contribution in [0.3, 0.4) is 0 Å². The van der Waals surface area contributed by atoms with Gasteiger partial charge in [0.2, 0.25) is 0 Å². The number of aromatic nitrogens is 1. The predicted octanol–water partition coefficient (Wildman–Crippen LogP) is 5.39. The third-order valence-electron chi connectivity index (χ3n) is 4.35. The molecule has 0 N–H and O–H groups in total. The second-order valence-electron chi connectivity index (χ2n) is 6.15. The van der Waals surface area contributed by atoms with Gasteiger partial charge in [-0.15, -0.1) is 0 Å². The van der Waals surface area contributed by atoms with Gasteiger partial charge in [-0.1, -0.05) is 30.3 Å². The number of hydrogen-bond acceptors (Lipinski definition) is 2. The molecule has 26 heavy (non-hydrogen) atoms. The summed E-state index contributed by atoms with van der Waals surface area (Å²) in [5.74, 6) is 0.878. The Labute approximate surface area is 154 Å². The molecule has 0 radical (unpaired) electrons. The van der Waals surface area contributed by atoms with Gasteiger partial charge >= 0.3 is 0 Å². The number of carbonyl (C=O) groups is 1. The number of nitrogens with zero attached hydrogens (tertiary/aromatic N) is 1. The molecule has 0 aliphatic rings. The van der Waals surface area contributed by atoms with E-state index in [2.05, 4.69) is 24.5 Å². The van der Waals surface area contributed by atoms with Crippen molar-refractivity contribution in [1.82, 2.24) is 4.57 Å². The van der Waals surface area contributed by atoms with Gasteiger partial charge in [0.15, 0.2) is 5.78 Å². The number of benzene rings is 2. The summed E-state index contributed by atoms with van der Waals surface area (Å²) in [5.41, 5.74) is 5.05. The van der Waals surface area contributed by atoms with Crippen molar-refractivity contribution >= 4 is 11.9 Å². The van der Waals surface area contributed by atoms with Crippen LogP contribution in [0.4, 0.5) is 0 Å². The Balaban J connectivity index is 1.86. The van der Waals surface area contributed by atoms with Gasteiger partial charge in [0.1, 0.15) is 5.75 Å². The average Bonchev–Trinajstić information content (AvgIpc) is 2.95. The molecule has 0 aliphatic carbocycles. The number of ketones is 1. The molecule has 0 atom stereocenters. The molecule has 0 amide bonds. The first-order valence-corrected chi connectivity index (χ1v) is 8.79. The second kappa shape index (κ2) is 7.87. The molecule has 3 nitrogen and oxygen atoms in total. The Bertz CT molecular complexity index is 919. The van der Waals surface area contributed by atoms with Gasteiger partial charge in [-0.2, -0.15) is 0 Å². The third kappa shape index (κ3) is 3.77. The van der Waals surface area contributed by atoms with Crippen molar-refractivity contribution in [2.75, 3.05) is 6.61 Å². The van der Waals surface area contributed by atoms with Crippen molar-refractivity contribution < 1.29 is 9.53 Å². The molecule has 0 saturated carbocycles. The van der Waals surface area contributed by atoms with Gasteiger partial charge in [0.25, 0.3) is 0 Å². The summed E-state index contributed by atoms with van der Waals surface area (Å²) in [5, 5.41) is 0. The van der Waals surface area contributed by atoms with Crippen LogP contribution < -0.4 is 4.74 Å². The van der Waals surface area contributed by atoms with E-state index < -0.39 is 0 Å². The van der Waals surface area contributed by atoms with Crippen LogP contribution in [0.25, 0.3) is 11.8 Å². The molecule has 2 aromatic carbocycles. The summed E-state index contributed by atoms with van der Waals surface area (Å²) in [6.45, 7) is 6.77. The summed E-state index contributed by atoms with van der Waals surface area (Å²) >= 11 is 0. The van der Waals surface area contributed by atoms with Crippen molar-refractivity contribution in [2.45, 2.75) is 20.8 Å². The minimum atomic E-state index is 0.0106. The average molecular weight is 345 g/mol. The number of ether oxygens (including phenoxy) is 1. The number of aryl methyl sites for hydroxylation is 1. The largest absolute Gasteiger partial charge is 0.494 e. The van der Waals surface area contributed by atoms with E-state index in [9.17, 15) is 4.79 Å². The van der Waals surface area contributed by atoms with E-state index >= 15 is 0 Å². The van der Waals surface area contributed by atoms with Crippen LogP contribution >= 0.6 is 0 Å². The smallest absolute Gasteiger partial charge is 0.185 e. The minimum Gasteiger partial charge on any atom is -0.494 e. The molecule has 0 aliphatic heterocycles. The summed E-state index contributed by atoms with van der Waals surface area (Å²) in [4.78, 5) is 12.3. The molecule has 3 aromatic rings. The van der Waals surface area contributed by atoms with E-state index in [1.54, 1.807) is 6.08 Å². The molecule has 1 heterocycles. The van der Waals surface area contributed by atoms with E-state index in [-0.39, 0.29) is 5.78 Å². The van der Waals surface area contributed by atoms with Crippen molar-refractivity contribution in [1.29, 1.82) is 0 Å². The van der Waals surface area contributed by atoms with Gasteiger partial charge in [-0.25, -0.2) is 0 Å². The van der Waals surface area contributed by atoms with Gasteiger partial charge in [-0.3, -0.25) is 4.79 Å². The Morgan fingerprint density at radius 1 is 1.04 bits per heavy atom. The van der Waals surface area contributed by atoms with Crippen LogP contribution in [0.1, 0.15) is 34.2 Å². The van der Waals surface area contributed by atoms with Crippen molar-refractivity contribution in [2.24, 2.45) is 0 Å². The highest BCUT2D eigenvalue weighted by atomic mass is 16.5. The lowest BCUT2D eigenvalue weighted by molar-refractivity contribution is 0.104. The Morgan fingerprint density at radius 3 is 2.38 bits per heavy atom. The van der Waals surface area contributed by atoms with Gasteiger partial charge < -0.3 is 9.30 Å². The highest BCUT2D eigenvalue weighted by molar-refractivity contribution is 6.06. The van der Waals surface area contributed by atoms with E-state index in [0.717, 1.165) is 28.4 Å². The van der Waals surface area contributed by atoms with Crippen LogP contribution in [0.15, 0.2) is 66.7 Å². The monoisotopic (exact) mass is 345 g/mol. The highest BCUT2D eigenvalue weighted by Crippen LogP contribution is 2.23. The maximum Gasteiger partial charge on any atom is 0.185 e. The fourth-order valence-corrected chi connectivity index (χ4v) is 3.08. The topological polar surface area (TPSA) is 31.2 Å². The van der Waals surface area contributed by atoms with Crippen molar-refractivity contribution in [3.8, 4) is 11.4 Å². The van der Waals surface area contributed by atoms with Gasteiger partial charge in [0, 0.05) is 22.6 Å². The molecule has 3 heteroatoms. The van der Waals surface area contributed by atoms with Crippen LogP contribution in [-0.4, -0.2) is 17.0 Å². The molecule has 132 valence electrons. The summed E-state index contributed by atoms with van der Waals surface area (Å²) in [7, 11) is 0. The van der Waals surface area contributed by atoms with E-state index in [1.807, 2.05) is 67.6 Å². The molecule has 0 bridgehead atoms. The SMILES string of the molecule is CCOc1ccc(-n2c(C)cc(/C=C/C(=O)c3ccccc3)c2C)cc1. The summed E-state index contributed by atoms with van der Waals surface area (Å²) in [6.07, 6.45) is 3.53. The quantitative estimate of drug-likeness (QED) is 0.443. The Morgan fingerprint density at radius 2 is 1.73 bits per heavy atom. The van der Waals surface area contributed by atoms with Gasteiger partial charge in [0.05, 0.1) is 6.61 Å². The van der Waals surface area contributed by atoms with Crippen LogP contribution in [0.5, 0.6) is 5.75 Å². The summed E-state index contributed by atoms with van der Waals surface area (Å²) in [6, 6.07) is 19.5. The predicted molar refractivity (Wildman–Crippen MR) is 106 cm³/mol. The lowest BCUT2D eigenvalue weighted by Gasteiger charge is -2.11. The molecule has 1 aromatic heterocycles. The Kier molecular flexibility index (Phi) is 5.37. The van der Waals surface area contributed by atoms with E-state index in [0.29, 0.717) is 12.2 Å². The molecular formula is C23H23NO2. The first-order valence-electron chi connectivity index (χ1n) is 8.79. The van der Waals surface area contributed by atoms with E-state index in [1.165, 1.54) is 0 Å². The highest BCUT2D eigenvalue weighted by Gasteiger charge is 2.10. The molecule has 0 saturated heterocycles. The van der Waals surface area contributed by atoms with E-state index in [4.69, 9.17) is 4.74 Å². The van der Waals surface area contributed by atoms with Crippen molar-refractivity contribution in [3.63, 3.8) is 0 Å². The van der Waals surface area contributed by atoms with Crippen LogP contribution in [-0.2, 0) is 0 Å². The first-order chi connectivity index (χ1) is 12.6. The molecule has 0 unspecified atom stereocenters. The normalized spacial score (nSPS) is 11.0.